The lowest BCUT2D eigenvalue weighted by molar-refractivity contribution is -0.114. The summed E-state index contributed by atoms with van der Waals surface area (Å²) in [7, 11) is 0. The molecule has 2 aromatic carbocycles. The van der Waals surface area contributed by atoms with E-state index in [0.29, 0.717) is 16.4 Å². The summed E-state index contributed by atoms with van der Waals surface area (Å²) < 4.78 is 1.96. The molecule has 0 fully saturated rings. The largest absolute Gasteiger partial charge is 0.404 e. The highest BCUT2D eigenvalue weighted by Gasteiger charge is 2.33. The molecule has 1 aromatic heterocycles. The van der Waals surface area contributed by atoms with E-state index >= 15 is 0 Å². The van der Waals surface area contributed by atoms with Crippen LogP contribution in [0.1, 0.15) is 11.1 Å². The molecule has 5 nitrogen and oxygen atoms in total. The molecule has 0 saturated heterocycles. The molecule has 2 N–H and O–H groups in total. The van der Waals surface area contributed by atoms with Crippen LogP contribution in [0.15, 0.2) is 63.8 Å². The zero-order valence-electron chi connectivity index (χ0n) is 13.2. The maximum absolute atomic E-state index is 12.8. The first-order valence-electron chi connectivity index (χ1n) is 7.56. The van der Waals surface area contributed by atoms with Crippen molar-refractivity contribution < 1.29 is 4.79 Å². The third-order valence-corrected chi connectivity index (χ3v) is 5.82. The van der Waals surface area contributed by atoms with Crippen molar-refractivity contribution in [3.05, 3.63) is 69.8 Å². The molecule has 1 amide bonds. The zero-order valence-corrected chi connectivity index (χ0v) is 15.6. The number of carbonyl (C=O) groups excluding carboxylic acids is 1. The van der Waals surface area contributed by atoms with Gasteiger partial charge in [-0.3, -0.25) is 4.79 Å². The first-order chi connectivity index (χ1) is 12.1. The van der Waals surface area contributed by atoms with Gasteiger partial charge in [-0.2, -0.15) is 10.1 Å². The quantitative estimate of drug-likeness (QED) is 0.647. The van der Waals surface area contributed by atoms with Gasteiger partial charge in [0, 0.05) is 16.2 Å². The van der Waals surface area contributed by atoms with Gasteiger partial charge in [-0.05, 0) is 30.7 Å². The molecule has 0 radical (unpaired) electrons. The van der Waals surface area contributed by atoms with E-state index in [1.54, 1.807) is 0 Å². The molecule has 7 heteroatoms. The number of aromatic nitrogens is 1. The minimum absolute atomic E-state index is 0.270. The Morgan fingerprint density at radius 3 is 2.76 bits per heavy atom. The van der Waals surface area contributed by atoms with Crippen molar-refractivity contribution in [1.82, 2.24) is 4.98 Å². The third kappa shape index (κ3) is 2.65. The number of anilines is 1. The lowest BCUT2D eigenvalue weighted by Gasteiger charge is -2.05. The number of carbonyl (C=O) groups is 1. The Bertz CT molecular complexity index is 1040. The number of aryl methyl sites for hydroxylation is 1. The predicted octanol–water partition coefficient (Wildman–Crippen LogP) is 3.96. The summed E-state index contributed by atoms with van der Waals surface area (Å²) in [5, 5.41) is 6.37. The highest BCUT2D eigenvalue weighted by molar-refractivity contribution is 9.10. The van der Waals surface area contributed by atoms with E-state index in [2.05, 4.69) is 26.0 Å². The van der Waals surface area contributed by atoms with Crippen LogP contribution < -0.4 is 10.7 Å². The molecule has 1 aliphatic heterocycles. The van der Waals surface area contributed by atoms with Crippen LogP contribution in [0.3, 0.4) is 0 Å². The second kappa shape index (κ2) is 6.09. The van der Waals surface area contributed by atoms with Crippen LogP contribution in [0.25, 0.3) is 10.2 Å². The molecule has 4 rings (SSSR count). The van der Waals surface area contributed by atoms with Crippen molar-refractivity contribution in [2.45, 2.75) is 6.92 Å². The van der Waals surface area contributed by atoms with Crippen LogP contribution in [0.4, 0.5) is 5.13 Å². The van der Waals surface area contributed by atoms with Gasteiger partial charge in [-0.25, -0.2) is 4.98 Å². The smallest absolute Gasteiger partial charge is 0.284 e. The zero-order chi connectivity index (χ0) is 17.6. The Hall–Kier alpha value is -2.51. The summed E-state index contributed by atoms with van der Waals surface area (Å²) in [6.45, 7) is 2.00. The van der Waals surface area contributed by atoms with Gasteiger partial charge in [0.25, 0.3) is 5.91 Å². The molecule has 0 unspecified atom stereocenters. The molecular formula is C18H13BrN4OS. The average Bonchev–Trinajstić information content (AvgIpc) is 3.17. The number of nitrogens with zero attached hydrogens (tertiary/aromatic N) is 3. The number of thiazole rings is 1. The van der Waals surface area contributed by atoms with Crippen LogP contribution in [-0.2, 0) is 4.79 Å². The molecule has 0 spiro atoms. The standard InChI is InChI=1S/C18H13BrN4OS/c1-10-6-7-11(8-13(10)19)16-12(9-20)17(24)23(22-16)18-21-14-4-2-3-5-15(14)25-18/h2-9H,20H2,1H3/b12-9+. The minimum atomic E-state index is -0.270. The van der Waals surface area contributed by atoms with Gasteiger partial charge in [0.15, 0.2) is 0 Å². The summed E-state index contributed by atoms with van der Waals surface area (Å²) in [6.07, 6.45) is 1.31. The Balaban J connectivity index is 1.82. The number of hydrazone groups is 1. The van der Waals surface area contributed by atoms with Crippen molar-refractivity contribution in [2.24, 2.45) is 10.8 Å². The molecule has 25 heavy (non-hydrogen) atoms. The van der Waals surface area contributed by atoms with Gasteiger partial charge in [-0.15, -0.1) is 0 Å². The average molecular weight is 413 g/mol. The summed E-state index contributed by atoms with van der Waals surface area (Å²) in [5.74, 6) is -0.270. The molecular weight excluding hydrogens is 400 g/mol. The minimum Gasteiger partial charge on any atom is -0.404 e. The van der Waals surface area contributed by atoms with Crippen LogP contribution in [0.2, 0.25) is 0 Å². The Morgan fingerprint density at radius 2 is 2.04 bits per heavy atom. The van der Waals surface area contributed by atoms with Crippen LogP contribution in [0.5, 0.6) is 0 Å². The normalized spacial score (nSPS) is 16.1. The van der Waals surface area contributed by atoms with Gasteiger partial charge in [-0.1, -0.05) is 51.5 Å². The van der Waals surface area contributed by atoms with Crippen molar-refractivity contribution >= 4 is 54.2 Å². The molecule has 3 aromatic rings. The van der Waals surface area contributed by atoms with Crippen molar-refractivity contribution in [3.63, 3.8) is 0 Å². The highest BCUT2D eigenvalue weighted by Crippen LogP contribution is 2.33. The number of rotatable bonds is 2. The summed E-state index contributed by atoms with van der Waals surface area (Å²) in [5.41, 5.74) is 9.41. The van der Waals surface area contributed by atoms with E-state index in [1.807, 2.05) is 49.4 Å². The maximum atomic E-state index is 12.8. The van der Waals surface area contributed by atoms with Crippen LogP contribution in [-0.4, -0.2) is 16.6 Å². The van der Waals surface area contributed by atoms with Gasteiger partial charge in [0.05, 0.1) is 15.8 Å². The summed E-state index contributed by atoms with van der Waals surface area (Å²) >= 11 is 4.94. The Kier molecular flexibility index (Phi) is 3.89. The molecule has 0 atom stereocenters. The van der Waals surface area contributed by atoms with Gasteiger partial charge < -0.3 is 5.73 Å². The van der Waals surface area contributed by atoms with Crippen LogP contribution >= 0.6 is 27.3 Å². The number of fused-ring (bicyclic) bond motifs is 1. The fourth-order valence-electron chi connectivity index (χ4n) is 2.60. The number of halogens is 1. The van der Waals surface area contributed by atoms with Gasteiger partial charge >= 0.3 is 0 Å². The molecule has 0 aliphatic carbocycles. The second-order valence-electron chi connectivity index (χ2n) is 5.57. The van der Waals surface area contributed by atoms with E-state index in [4.69, 9.17) is 5.73 Å². The SMILES string of the molecule is Cc1ccc(C2=NN(c3nc4ccccc4s3)C(=O)/C2=C/N)cc1Br. The highest BCUT2D eigenvalue weighted by atomic mass is 79.9. The number of para-hydroxylation sites is 1. The molecule has 0 saturated carbocycles. The topological polar surface area (TPSA) is 71.6 Å². The summed E-state index contributed by atoms with van der Waals surface area (Å²) in [4.78, 5) is 17.3. The van der Waals surface area contributed by atoms with E-state index in [9.17, 15) is 4.79 Å². The van der Waals surface area contributed by atoms with E-state index < -0.39 is 0 Å². The van der Waals surface area contributed by atoms with Crippen LogP contribution in [0, 0.1) is 6.92 Å². The fourth-order valence-corrected chi connectivity index (χ4v) is 3.89. The first kappa shape index (κ1) is 16.0. The number of amides is 1. The lowest BCUT2D eigenvalue weighted by Crippen LogP contribution is -2.21. The fraction of sp³-hybridized carbons (Fsp3) is 0.0556. The van der Waals surface area contributed by atoms with Crippen molar-refractivity contribution in [3.8, 4) is 0 Å². The summed E-state index contributed by atoms with van der Waals surface area (Å²) in [6, 6.07) is 13.6. The monoisotopic (exact) mass is 412 g/mol. The second-order valence-corrected chi connectivity index (χ2v) is 7.44. The Labute approximate surface area is 156 Å². The number of hydrogen-bond acceptors (Lipinski definition) is 5. The van der Waals surface area contributed by atoms with Crippen molar-refractivity contribution in [2.75, 3.05) is 5.01 Å². The Morgan fingerprint density at radius 1 is 1.24 bits per heavy atom. The lowest BCUT2D eigenvalue weighted by atomic mass is 10.0. The number of hydrogen-bond donors (Lipinski definition) is 1. The number of nitrogens with two attached hydrogens (primary N) is 1. The van der Waals surface area contributed by atoms with E-state index in [1.165, 1.54) is 22.5 Å². The van der Waals surface area contributed by atoms with E-state index in [0.717, 1.165) is 25.8 Å². The van der Waals surface area contributed by atoms with Crippen molar-refractivity contribution in [1.29, 1.82) is 0 Å². The van der Waals surface area contributed by atoms with E-state index in [-0.39, 0.29) is 5.91 Å². The molecule has 1 aliphatic rings. The molecule has 2 heterocycles. The maximum Gasteiger partial charge on any atom is 0.284 e. The number of benzene rings is 2. The molecule has 0 bridgehead atoms. The predicted molar refractivity (Wildman–Crippen MR) is 105 cm³/mol. The third-order valence-electron chi connectivity index (χ3n) is 3.95. The van der Waals surface area contributed by atoms with Gasteiger partial charge in [0.2, 0.25) is 5.13 Å². The first-order valence-corrected chi connectivity index (χ1v) is 9.17. The van der Waals surface area contributed by atoms with Gasteiger partial charge in [0.1, 0.15) is 5.71 Å². The molecule has 124 valence electrons.